The molecule has 6 nitrogen and oxygen atoms in total. The predicted octanol–water partition coefficient (Wildman–Crippen LogP) is 2.57. The number of aromatic nitrogens is 2. The summed E-state index contributed by atoms with van der Waals surface area (Å²) in [6.07, 6.45) is 0. The van der Waals surface area contributed by atoms with Gasteiger partial charge in [-0.2, -0.15) is 0 Å². The second kappa shape index (κ2) is 6.94. The van der Waals surface area contributed by atoms with E-state index in [1.165, 1.54) is 0 Å². The minimum absolute atomic E-state index is 0.106. The number of anilines is 1. The molecule has 0 unspecified atom stereocenters. The number of halogens is 2. The van der Waals surface area contributed by atoms with E-state index >= 15 is 0 Å². The van der Waals surface area contributed by atoms with E-state index in [1.807, 2.05) is 0 Å². The molecule has 0 radical (unpaired) electrons. The standard InChI is InChI=1S/C11H10Cl2N4O2S/c12-6-2-1-3-7(10(6)13)15-8(18)5-20-11-17-16-9(4-14)19-11/h1-3H,4-5,14H2,(H,15,18). The van der Waals surface area contributed by atoms with Gasteiger partial charge < -0.3 is 15.5 Å². The van der Waals surface area contributed by atoms with Gasteiger partial charge in [0.1, 0.15) is 0 Å². The second-order valence-electron chi connectivity index (χ2n) is 3.60. The topological polar surface area (TPSA) is 94.0 Å². The van der Waals surface area contributed by atoms with Crippen LogP contribution in [0.2, 0.25) is 10.0 Å². The Morgan fingerprint density at radius 2 is 2.20 bits per heavy atom. The maximum Gasteiger partial charge on any atom is 0.277 e. The predicted molar refractivity (Wildman–Crippen MR) is 78.0 cm³/mol. The van der Waals surface area contributed by atoms with Gasteiger partial charge in [0.15, 0.2) is 0 Å². The monoisotopic (exact) mass is 332 g/mol. The largest absolute Gasteiger partial charge is 0.415 e. The van der Waals surface area contributed by atoms with Crippen LogP contribution in [0.25, 0.3) is 0 Å². The van der Waals surface area contributed by atoms with Crippen molar-refractivity contribution in [2.24, 2.45) is 5.73 Å². The van der Waals surface area contributed by atoms with Crippen LogP contribution in [0, 0.1) is 0 Å². The number of thioether (sulfide) groups is 1. The fraction of sp³-hybridized carbons (Fsp3) is 0.182. The van der Waals surface area contributed by atoms with E-state index in [9.17, 15) is 4.79 Å². The minimum atomic E-state index is -0.258. The molecule has 9 heteroatoms. The Labute approximate surface area is 129 Å². The van der Waals surface area contributed by atoms with Crippen LogP contribution in [-0.2, 0) is 11.3 Å². The van der Waals surface area contributed by atoms with Gasteiger partial charge in [-0.25, -0.2) is 0 Å². The number of nitrogens with one attached hydrogen (secondary N) is 1. The molecular weight excluding hydrogens is 323 g/mol. The SMILES string of the molecule is NCc1nnc(SCC(=O)Nc2cccc(Cl)c2Cl)o1. The van der Waals surface area contributed by atoms with Crippen molar-refractivity contribution >= 4 is 46.6 Å². The molecule has 106 valence electrons. The van der Waals surface area contributed by atoms with Gasteiger partial charge in [0, 0.05) is 0 Å². The summed E-state index contributed by atoms with van der Waals surface area (Å²) in [6, 6.07) is 5.00. The molecule has 0 fully saturated rings. The summed E-state index contributed by atoms with van der Waals surface area (Å²) in [5, 5.41) is 11.0. The molecule has 1 amide bonds. The summed E-state index contributed by atoms with van der Waals surface area (Å²) in [7, 11) is 0. The van der Waals surface area contributed by atoms with E-state index in [-0.39, 0.29) is 23.4 Å². The van der Waals surface area contributed by atoms with E-state index in [0.29, 0.717) is 21.6 Å². The van der Waals surface area contributed by atoms with Crippen LogP contribution < -0.4 is 11.1 Å². The number of carbonyl (C=O) groups is 1. The molecule has 3 N–H and O–H groups in total. The number of benzene rings is 1. The van der Waals surface area contributed by atoms with E-state index in [1.54, 1.807) is 18.2 Å². The molecular formula is C11H10Cl2N4O2S. The van der Waals surface area contributed by atoms with Crippen molar-refractivity contribution in [3.63, 3.8) is 0 Å². The van der Waals surface area contributed by atoms with Crippen LogP contribution >= 0.6 is 35.0 Å². The summed E-state index contributed by atoms with van der Waals surface area (Å²) >= 11 is 12.9. The molecule has 2 rings (SSSR count). The first-order valence-corrected chi connectivity index (χ1v) is 7.23. The van der Waals surface area contributed by atoms with Crippen LogP contribution in [0.3, 0.4) is 0 Å². The average Bonchev–Trinajstić information content (AvgIpc) is 2.90. The third kappa shape index (κ3) is 3.86. The maximum absolute atomic E-state index is 11.8. The highest BCUT2D eigenvalue weighted by atomic mass is 35.5. The van der Waals surface area contributed by atoms with Gasteiger partial charge >= 0.3 is 0 Å². The normalized spacial score (nSPS) is 10.6. The lowest BCUT2D eigenvalue weighted by molar-refractivity contribution is -0.113. The summed E-state index contributed by atoms with van der Waals surface area (Å²) in [5.41, 5.74) is 5.80. The number of hydrogen-bond donors (Lipinski definition) is 2. The number of rotatable bonds is 5. The van der Waals surface area contributed by atoms with Crippen LogP contribution in [0.5, 0.6) is 0 Å². The Bertz CT molecular complexity index is 620. The first kappa shape index (κ1) is 15.1. The van der Waals surface area contributed by atoms with Gasteiger partial charge in [0.05, 0.1) is 28.0 Å². The van der Waals surface area contributed by atoms with Crippen molar-refractivity contribution in [2.75, 3.05) is 11.1 Å². The maximum atomic E-state index is 11.8. The molecule has 0 saturated heterocycles. The van der Waals surface area contributed by atoms with Gasteiger partial charge in [-0.3, -0.25) is 4.79 Å². The second-order valence-corrected chi connectivity index (χ2v) is 5.32. The Morgan fingerprint density at radius 3 is 2.90 bits per heavy atom. The Morgan fingerprint density at radius 1 is 1.40 bits per heavy atom. The molecule has 0 aliphatic rings. The summed E-state index contributed by atoms with van der Waals surface area (Å²) < 4.78 is 5.16. The third-order valence-electron chi connectivity index (χ3n) is 2.18. The average molecular weight is 333 g/mol. The fourth-order valence-corrected chi connectivity index (χ4v) is 2.22. The molecule has 0 aliphatic heterocycles. The van der Waals surface area contributed by atoms with E-state index in [2.05, 4.69) is 15.5 Å². The van der Waals surface area contributed by atoms with Gasteiger partial charge in [-0.1, -0.05) is 41.0 Å². The highest BCUT2D eigenvalue weighted by molar-refractivity contribution is 7.99. The molecule has 0 bridgehead atoms. The molecule has 0 saturated carbocycles. The minimum Gasteiger partial charge on any atom is -0.415 e. The molecule has 20 heavy (non-hydrogen) atoms. The lowest BCUT2D eigenvalue weighted by atomic mass is 10.3. The molecule has 1 heterocycles. The summed E-state index contributed by atoms with van der Waals surface area (Å²) in [6.45, 7) is 0.165. The van der Waals surface area contributed by atoms with Crippen molar-refractivity contribution < 1.29 is 9.21 Å². The van der Waals surface area contributed by atoms with Crippen molar-refractivity contribution in [2.45, 2.75) is 11.8 Å². The van der Waals surface area contributed by atoms with E-state index in [0.717, 1.165) is 11.8 Å². The zero-order valence-corrected chi connectivity index (χ0v) is 12.4. The molecule has 2 aromatic rings. The van der Waals surface area contributed by atoms with Crippen LogP contribution in [-0.4, -0.2) is 21.9 Å². The first-order valence-electron chi connectivity index (χ1n) is 5.49. The smallest absolute Gasteiger partial charge is 0.277 e. The van der Waals surface area contributed by atoms with Gasteiger partial charge in [0.25, 0.3) is 5.22 Å². The Kier molecular flexibility index (Phi) is 5.24. The Balaban J connectivity index is 1.91. The number of carbonyl (C=O) groups excluding carboxylic acids is 1. The first-order chi connectivity index (χ1) is 9.60. The van der Waals surface area contributed by atoms with Crippen molar-refractivity contribution in [1.82, 2.24) is 10.2 Å². The molecule has 0 aliphatic carbocycles. The van der Waals surface area contributed by atoms with Gasteiger partial charge in [0.2, 0.25) is 11.8 Å². The van der Waals surface area contributed by atoms with Crippen LogP contribution in [0.15, 0.2) is 27.8 Å². The lowest BCUT2D eigenvalue weighted by Gasteiger charge is -2.07. The van der Waals surface area contributed by atoms with Crippen molar-refractivity contribution in [3.05, 3.63) is 34.1 Å². The number of amides is 1. The molecule has 0 atom stereocenters. The summed E-state index contributed by atoms with van der Waals surface area (Å²) in [4.78, 5) is 11.8. The summed E-state index contributed by atoms with van der Waals surface area (Å²) in [5.74, 6) is 0.173. The highest BCUT2D eigenvalue weighted by Crippen LogP contribution is 2.29. The zero-order valence-electron chi connectivity index (χ0n) is 10.1. The fourth-order valence-electron chi connectivity index (χ4n) is 1.29. The number of hydrogen-bond acceptors (Lipinski definition) is 6. The molecule has 0 spiro atoms. The number of nitrogens with zero attached hydrogens (tertiary/aromatic N) is 2. The van der Waals surface area contributed by atoms with E-state index in [4.69, 9.17) is 33.4 Å². The van der Waals surface area contributed by atoms with Crippen LogP contribution in [0.1, 0.15) is 5.89 Å². The van der Waals surface area contributed by atoms with Crippen LogP contribution in [0.4, 0.5) is 5.69 Å². The zero-order chi connectivity index (χ0) is 14.5. The lowest BCUT2D eigenvalue weighted by Crippen LogP contribution is -2.14. The van der Waals surface area contributed by atoms with Gasteiger partial charge in [-0.15, -0.1) is 10.2 Å². The number of nitrogens with two attached hydrogens (primary N) is 1. The highest BCUT2D eigenvalue weighted by Gasteiger charge is 2.11. The third-order valence-corrected chi connectivity index (χ3v) is 3.81. The molecule has 1 aromatic carbocycles. The van der Waals surface area contributed by atoms with Crippen molar-refractivity contribution in [3.8, 4) is 0 Å². The Hall–Kier alpha value is -1.28. The van der Waals surface area contributed by atoms with E-state index < -0.39 is 0 Å². The molecule has 1 aromatic heterocycles. The van der Waals surface area contributed by atoms with Crippen molar-refractivity contribution in [1.29, 1.82) is 0 Å². The van der Waals surface area contributed by atoms with Gasteiger partial charge in [-0.05, 0) is 12.1 Å². The quantitative estimate of drug-likeness (QED) is 0.817.